The van der Waals surface area contributed by atoms with E-state index in [4.69, 9.17) is 14.2 Å². The van der Waals surface area contributed by atoms with E-state index in [1.165, 1.54) is 0 Å². The molecule has 1 heterocycles. The zero-order valence-corrected chi connectivity index (χ0v) is 19.7. The number of ether oxygens (including phenoxy) is 3. The zero-order chi connectivity index (χ0) is 19.3. The molecule has 2 N–H and O–H groups in total. The van der Waals surface area contributed by atoms with Gasteiger partial charge in [0.2, 0.25) is 0 Å². The molecule has 0 unspecified atom stereocenters. The maximum atomic E-state index is 11.8. The molecule has 1 aliphatic heterocycles. The number of nitrogens with one attached hydrogen (secondary N) is 2. The molecule has 0 aromatic heterocycles. The Bertz CT molecular complexity index is 451. The number of rotatable bonds is 9. The van der Waals surface area contributed by atoms with Crippen molar-refractivity contribution in [3.05, 3.63) is 0 Å². The molecule has 2 fully saturated rings. The van der Waals surface area contributed by atoms with Gasteiger partial charge in [0, 0.05) is 46.1 Å². The molecule has 2 rings (SSSR count). The lowest BCUT2D eigenvalue weighted by molar-refractivity contribution is -0.149. The fraction of sp³-hybridized carbons (Fsp3) is 0.900. The van der Waals surface area contributed by atoms with E-state index in [2.05, 4.69) is 15.6 Å². The van der Waals surface area contributed by atoms with E-state index in [9.17, 15) is 4.79 Å². The summed E-state index contributed by atoms with van der Waals surface area (Å²) in [6.45, 7) is 6.53. The molecule has 0 spiro atoms. The summed E-state index contributed by atoms with van der Waals surface area (Å²) < 4.78 is 16.3. The van der Waals surface area contributed by atoms with Crippen molar-refractivity contribution in [2.75, 3.05) is 46.6 Å². The van der Waals surface area contributed by atoms with Crippen LogP contribution in [0.25, 0.3) is 0 Å². The van der Waals surface area contributed by atoms with Gasteiger partial charge in [-0.1, -0.05) is 0 Å². The van der Waals surface area contributed by atoms with Crippen molar-refractivity contribution in [3.63, 3.8) is 0 Å². The van der Waals surface area contributed by atoms with Gasteiger partial charge >= 0.3 is 5.97 Å². The van der Waals surface area contributed by atoms with Crippen molar-refractivity contribution < 1.29 is 19.0 Å². The van der Waals surface area contributed by atoms with Crippen LogP contribution < -0.4 is 10.6 Å². The highest BCUT2D eigenvalue weighted by Gasteiger charge is 2.27. The lowest BCUT2D eigenvalue weighted by atomic mass is 9.86. The third-order valence-electron chi connectivity index (χ3n) is 5.36. The average Bonchev–Trinajstić information content (AvgIpc) is 2.71. The van der Waals surface area contributed by atoms with Gasteiger partial charge in [0.05, 0.1) is 12.5 Å². The van der Waals surface area contributed by atoms with Gasteiger partial charge in [-0.2, -0.15) is 0 Å². The smallest absolute Gasteiger partial charge is 0.308 e. The van der Waals surface area contributed by atoms with Crippen LogP contribution in [0, 0.1) is 11.8 Å². The molecule has 28 heavy (non-hydrogen) atoms. The van der Waals surface area contributed by atoms with E-state index in [1.54, 1.807) is 7.05 Å². The molecule has 0 amide bonds. The SMILES string of the molecule is CCOC(=O)C1CCC(NC(=NC)NCCCOCC2CCOCC2)CC1.I. The third-order valence-corrected chi connectivity index (χ3v) is 5.36. The first-order chi connectivity index (χ1) is 13.2. The Morgan fingerprint density at radius 3 is 2.50 bits per heavy atom. The molecule has 0 atom stereocenters. The summed E-state index contributed by atoms with van der Waals surface area (Å²) in [5, 5.41) is 6.83. The van der Waals surface area contributed by atoms with Crippen LogP contribution in [0.5, 0.6) is 0 Å². The average molecular weight is 511 g/mol. The first kappa shape index (κ1) is 25.4. The molecule has 1 aliphatic carbocycles. The fourth-order valence-electron chi connectivity index (χ4n) is 3.67. The van der Waals surface area contributed by atoms with E-state index in [0.29, 0.717) is 18.6 Å². The minimum absolute atomic E-state index is 0. The molecule has 8 heteroatoms. The first-order valence-corrected chi connectivity index (χ1v) is 10.5. The molecule has 2 aliphatic rings. The highest BCUT2D eigenvalue weighted by atomic mass is 127. The fourth-order valence-corrected chi connectivity index (χ4v) is 3.67. The highest BCUT2D eigenvalue weighted by molar-refractivity contribution is 14.0. The Labute approximate surface area is 186 Å². The van der Waals surface area contributed by atoms with Crippen LogP contribution >= 0.6 is 24.0 Å². The molecule has 1 saturated carbocycles. The summed E-state index contributed by atoms with van der Waals surface area (Å²) >= 11 is 0. The summed E-state index contributed by atoms with van der Waals surface area (Å²) in [4.78, 5) is 16.1. The van der Waals surface area contributed by atoms with Gasteiger partial charge in [0.25, 0.3) is 0 Å². The molecule has 7 nitrogen and oxygen atoms in total. The summed E-state index contributed by atoms with van der Waals surface area (Å²) in [5.74, 6) is 1.51. The highest BCUT2D eigenvalue weighted by Crippen LogP contribution is 2.25. The maximum Gasteiger partial charge on any atom is 0.308 e. The van der Waals surface area contributed by atoms with Crippen LogP contribution in [-0.2, 0) is 19.0 Å². The van der Waals surface area contributed by atoms with Gasteiger partial charge in [-0.05, 0) is 57.8 Å². The number of esters is 1. The van der Waals surface area contributed by atoms with Crippen molar-refractivity contribution in [1.82, 2.24) is 10.6 Å². The number of hydrogen-bond acceptors (Lipinski definition) is 5. The van der Waals surface area contributed by atoms with E-state index < -0.39 is 0 Å². The summed E-state index contributed by atoms with van der Waals surface area (Å²) in [6, 6.07) is 0.367. The number of hydrogen-bond donors (Lipinski definition) is 2. The number of carbonyl (C=O) groups is 1. The Hall–Kier alpha value is -0.610. The van der Waals surface area contributed by atoms with Gasteiger partial charge in [0.1, 0.15) is 0 Å². The van der Waals surface area contributed by atoms with Crippen molar-refractivity contribution in [1.29, 1.82) is 0 Å². The number of carbonyl (C=O) groups excluding carboxylic acids is 1. The molecule has 0 radical (unpaired) electrons. The van der Waals surface area contributed by atoms with Gasteiger partial charge < -0.3 is 24.8 Å². The normalized spacial score (nSPS) is 23.6. The minimum atomic E-state index is -0.0424. The van der Waals surface area contributed by atoms with Crippen LogP contribution in [0.1, 0.15) is 51.9 Å². The second-order valence-electron chi connectivity index (χ2n) is 7.43. The van der Waals surface area contributed by atoms with E-state index in [0.717, 1.165) is 83.9 Å². The van der Waals surface area contributed by atoms with E-state index in [1.807, 2.05) is 6.92 Å². The molecule has 0 aromatic rings. The van der Waals surface area contributed by atoms with Crippen LogP contribution in [0.3, 0.4) is 0 Å². The topological polar surface area (TPSA) is 81.2 Å². The van der Waals surface area contributed by atoms with E-state index >= 15 is 0 Å². The first-order valence-electron chi connectivity index (χ1n) is 10.5. The molecule has 1 saturated heterocycles. The number of nitrogens with zero attached hydrogens (tertiary/aromatic N) is 1. The van der Waals surface area contributed by atoms with E-state index in [-0.39, 0.29) is 35.9 Å². The Kier molecular flexibility index (Phi) is 13.9. The molecule has 164 valence electrons. The van der Waals surface area contributed by atoms with Crippen LogP contribution in [0.2, 0.25) is 0 Å². The van der Waals surface area contributed by atoms with Gasteiger partial charge in [0.15, 0.2) is 5.96 Å². The Balaban J connectivity index is 0.00000392. The molecular formula is C20H38IN3O4. The second-order valence-corrected chi connectivity index (χ2v) is 7.43. The summed E-state index contributed by atoms with van der Waals surface area (Å²) in [6.07, 6.45) is 6.90. The maximum absolute atomic E-state index is 11.8. The number of aliphatic imine (C=N–C) groups is 1. The molecule has 0 bridgehead atoms. The standard InChI is InChI=1S/C20H37N3O4.HI/c1-3-27-19(24)17-5-7-18(8-6-17)23-20(21-2)22-11-4-12-26-15-16-9-13-25-14-10-16;/h16-18H,3-15H2,1-2H3,(H2,21,22,23);1H. The number of halogens is 1. The predicted octanol–water partition coefficient (Wildman–Crippen LogP) is 2.72. The largest absolute Gasteiger partial charge is 0.466 e. The van der Waals surface area contributed by atoms with Crippen LogP contribution in [-0.4, -0.2) is 64.6 Å². The van der Waals surface area contributed by atoms with Crippen LogP contribution in [0.4, 0.5) is 0 Å². The van der Waals surface area contributed by atoms with Gasteiger partial charge in [-0.15, -0.1) is 24.0 Å². The van der Waals surface area contributed by atoms with Crippen molar-refractivity contribution >= 4 is 35.9 Å². The van der Waals surface area contributed by atoms with Crippen molar-refractivity contribution in [2.45, 2.75) is 57.9 Å². The summed E-state index contributed by atoms with van der Waals surface area (Å²) in [7, 11) is 1.79. The van der Waals surface area contributed by atoms with Gasteiger partial charge in [-0.25, -0.2) is 0 Å². The monoisotopic (exact) mass is 511 g/mol. The predicted molar refractivity (Wildman–Crippen MR) is 121 cm³/mol. The van der Waals surface area contributed by atoms with Gasteiger partial charge in [-0.3, -0.25) is 9.79 Å². The quantitative estimate of drug-likeness (QED) is 0.163. The van der Waals surface area contributed by atoms with Crippen molar-refractivity contribution in [3.8, 4) is 0 Å². The summed E-state index contributed by atoms with van der Waals surface area (Å²) in [5.41, 5.74) is 0. The zero-order valence-electron chi connectivity index (χ0n) is 17.4. The lowest BCUT2D eigenvalue weighted by Crippen LogP contribution is -2.45. The second kappa shape index (κ2) is 15.3. The Morgan fingerprint density at radius 1 is 1.14 bits per heavy atom. The Morgan fingerprint density at radius 2 is 1.86 bits per heavy atom. The van der Waals surface area contributed by atoms with Crippen LogP contribution in [0.15, 0.2) is 4.99 Å². The molecular weight excluding hydrogens is 473 g/mol. The van der Waals surface area contributed by atoms with Crippen molar-refractivity contribution in [2.24, 2.45) is 16.8 Å². The lowest BCUT2D eigenvalue weighted by Gasteiger charge is -2.29. The molecule has 0 aromatic carbocycles. The third kappa shape index (κ3) is 9.73. The number of guanidine groups is 1. The minimum Gasteiger partial charge on any atom is -0.466 e.